The summed E-state index contributed by atoms with van der Waals surface area (Å²) in [5.41, 5.74) is 8.63. The number of amides is 2. The summed E-state index contributed by atoms with van der Waals surface area (Å²) in [5.74, 6) is -3.05. The van der Waals surface area contributed by atoms with Gasteiger partial charge in [-0.05, 0) is 56.3 Å². The fraction of sp³-hybridized carbons (Fsp3) is 0.300. The first-order chi connectivity index (χ1) is 23.6. The number of esters is 2. The molecule has 9 nitrogen and oxygen atoms in total. The van der Waals surface area contributed by atoms with Crippen LogP contribution in [0.25, 0.3) is 22.3 Å². The van der Waals surface area contributed by atoms with Crippen molar-refractivity contribution < 1.29 is 33.4 Å². The van der Waals surface area contributed by atoms with Crippen molar-refractivity contribution in [2.24, 2.45) is 11.8 Å². The third kappa shape index (κ3) is 6.92. The fourth-order valence-electron chi connectivity index (χ4n) is 6.76. The first-order valence-electron chi connectivity index (χ1n) is 16.6. The Hall–Kier alpha value is -5.44. The van der Waals surface area contributed by atoms with E-state index in [4.69, 9.17) is 14.2 Å². The van der Waals surface area contributed by atoms with E-state index in [0.29, 0.717) is 0 Å². The summed E-state index contributed by atoms with van der Waals surface area (Å²) < 4.78 is 16.4. The zero-order valence-electron chi connectivity index (χ0n) is 28.0. The first kappa shape index (κ1) is 33.5. The van der Waals surface area contributed by atoms with E-state index in [0.717, 1.165) is 44.5 Å². The summed E-state index contributed by atoms with van der Waals surface area (Å²) in [7, 11) is 0. The topological polar surface area (TPSA) is 120 Å². The van der Waals surface area contributed by atoms with Crippen LogP contribution in [0.5, 0.6) is 0 Å². The average Bonchev–Trinajstić information content (AvgIpc) is 3.59. The fourth-order valence-corrected chi connectivity index (χ4v) is 6.76. The maximum Gasteiger partial charge on any atom is 0.407 e. The molecular weight excluding hydrogens is 620 g/mol. The van der Waals surface area contributed by atoms with Crippen molar-refractivity contribution in [3.05, 3.63) is 119 Å². The van der Waals surface area contributed by atoms with Gasteiger partial charge >= 0.3 is 24.1 Å². The molecule has 4 aromatic carbocycles. The largest absolute Gasteiger partial charge is 0.449 e. The van der Waals surface area contributed by atoms with Crippen LogP contribution in [0, 0.1) is 11.8 Å². The molecule has 0 bridgehead atoms. The summed E-state index contributed by atoms with van der Waals surface area (Å²) in [5, 5.41) is 5.14. The van der Waals surface area contributed by atoms with E-state index < -0.39 is 48.0 Å². The number of benzene rings is 4. The van der Waals surface area contributed by atoms with Crippen LogP contribution in [-0.4, -0.2) is 49.4 Å². The van der Waals surface area contributed by atoms with E-state index in [1.165, 1.54) is 0 Å². The summed E-state index contributed by atoms with van der Waals surface area (Å²) in [4.78, 5) is 52.3. The average molecular weight is 661 g/mol. The van der Waals surface area contributed by atoms with Gasteiger partial charge in [0.05, 0.1) is 0 Å². The zero-order chi connectivity index (χ0) is 34.7. The highest BCUT2D eigenvalue weighted by Gasteiger charge is 2.35. The van der Waals surface area contributed by atoms with Crippen molar-refractivity contribution in [1.82, 2.24) is 10.6 Å². The summed E-state index contributed by atoms with van der Waals surface area (Å²) in [6.45, 7) is 7.00. The molecule has 49 heavy (non-hydrogen) atoms. The van der Waals surface area contributed by atoms with Crippen molar-refractivity contribution >= 4 is 24.1 Å². The molecule has 0 unspecified atom stereocenters. The van der Waals surface area contributed by atoms with E-state index in [1.807, 2.05) is 97.1 Å². The molecule has 0 spiro atoms. The molecular formula is C40H40N2O7. The standard InChI is InChI=1S/C40H40N2O7/c1-23(2)35(41-39(45)47-21-33-29-17-9-5-13-25(29)26-14-6-10-18-30(26)33)37(43)49-38(44)36(24(3)4)42-40(46)48-22-34-31-19-11-7-15-27(31)28-16-8-12-20-32(28)34/h5-20,23-24,33-36H,21-22H2,1-4H3,(H,41,45)(H,42,46)/t35-,36-/m0/s1. The molecule has 252 valence electrons. The number of hydrogen-bond acceptors (Lipinski definition) is 7. The SMILES string of the molecule is CC(C)[C@H](NC(=O)OCC1c2ccccc2-c2ccccc21)C(=O)OC(=O)[C@@H](NC(=O)OCC1c2ccccc2-c2ccccc21)C(C)C. The minimum absolute atomic E-state index is 0.0676. The molecule has 0 saturated carbocycles. The van der Waals surface area contributed by atoms with Gasteiger partial charge in [-0.15, -0.1) is 0 Å². The molecule has 0 heterocycles. The maximum absolute atomic E-state index is 13.2. The van der Waals surface area contributed by atoms with Gasteiger partial charge in [0.15, 0.2) is 0 Å². The van der Waals surface area contributed by atoms with Gasteiger partial charge in [0.1, 0.15) is 25.3 Å². The monoisotopic (exact) mass is 660 g/mol. The van der Waals surface area contributed by atoms with Gasteiger partial charge in [-0.25, -0.2) is 19.2 Å². The number of carbonyl (C=O) groups is 4. The highest BCUT2D eigenvalue weighted by Crippen LogP contribution is 2.45. The predicted octanol–water partition coefficient (Wildman–Crippen LogP) is 7.18. The lowest BCUT2D eigenvalue weighted by Gasteiger charge is -2.24. The summed E-state index contributed by atoms with van der Waals surface area (Å²) in [6.07, 6.45) is -1.61. The second-order valence-electron chi connectivity index (χ2n) is 13.1. The Morgan fingerprint density at radius 3 is 1.08 bits per heavy atom. The Labute approximate surface area is 286 Å². The van der Waals surface area contributed by atoms with Crippen LogP contribution in [0.3, 0.4) is 0 Å². The van der Waals surface area contributed by atoms with Gasteiger partial charge in [0.2, 0.25) is 0 Å². The molecule has 2 amide bonds. The number of rotatable bonds is 10. The molecule has 0 radical (unpaired) electrons. The molecule has 0 aliphatic heterocycles. The van der Waals surface area contributed by atoms with E-state index in [9.17, 15) is 19.2 Å². The molecule has 0 saturated heterocycles. The highest BCUT2D eigenvalue weighted by atomic mass is 16.6. The van der Waals surface area contributed by atoms with Crippen LogP contribution in [0.2, 0.25) is 0 Å². The first-order valence-corrected chi connectivity index (χ1v) is 16.6. The number of ether oxygens (including phenoxy) is 3. The van der Waals surface area contributed by atoms with Gasteiger partial charge < -0.3 is 24.8 Å². The van der Waals surface area contributed by atoms with Gasteiger partial charge in [-0.2, -0.15) is 0 Å². The number of nitrogens with one attached hydrogen (secondary N) is 2. The number of carbonyl (C=O) groups excluding carboxylic acids is 4. The predicted molar refractivity (Wildman–Crippen MR) is 185 cm³/mol. The lowest BCUT2D eigenvalue weighted by molar-refractivity contribution is -0.164. The van der Waals surface area contributed by atoms with Crippen molar-refractivity contribution in [1.29, 1.82) is 0 Å². The molecule has 6 rings (SSSR count). The van der Waals surface area contributed by atoms with Crippen LogP contribution in [0.4, 0.5) is 9.59 Å². The smallest absolute Gasteiger partial charge is 0.407 e. The van der Waals surface area contributed by atoms with Crippen LogP contribution < -0.4 is 10.6 Å². The van der Waals surface area contributed by atoms with Crippen molar-refractivity contribution in [3.8, 4) is 22.3 Å². The van der Waals surface area contributed by atoms with E-state index in [1.54, 1.807) is 27.7 Å². The third-order valence-corrected chi connectivity index (χ3v) is 9.28. The Bertz CT molecular complexity index is 1660. The third-order valence-electron chi connectivity index (χ3n) is 9.28. The molecule has 2 atom stereocenters. The molecule has 0 fully saturated rings. The van der Waals surface area contributed by atoms with E-state index in [2.05, 4.69) is 10.6 Å². The second kappa shape index (κ2) is 14.4. The molecule has 9 heteroatoms. The minimum Gasteiger partial charge on any atom is -0.449 e. The van der Waals surface area contributed by atoms with Crippen molar-refractivity contribution in [3.63, 3.8) is 0 Å². The van der Waals surface area contributed by atoms with Crippen molar-refractivity contribution in [2.45, 2.75) is 51.6 Å². The van der Waals surface area contributed by atoms with Gasteiger partial charge in [-0.1, -0.05) is 125 Å². The van der Waals surface area contributed by atoms with Crippen molar-refractivity contribution in [2.75, 3.05) is 13.2 Å². The molecule has 2 aliphatic carbocycles. The van der Waals surface area contributed by atoms with Crippen LogP contribution >= 0.6 is 0 Å². The van der Waals surface area contributed by atoms with Gasteiger partial charge in [0, 0.05) is 11.8 Å². The molecule has 0 aromatic heterocycles. The Morgan fingerprint density at radius 2 is 0.796 bits per heavy atom. The van der Waals surface area contributed by atoms with E-state index >= 15 is 0 Å². The molecule has 2 aliphatic rings. The van der Waals surface area contributed by atoms with Gasteiger partial charge in [0.25, 0.3) is 0 Å². The zero-order valence-corrected chi connectivity index (χ0v) is 28.0. The lowest BCUT2D eigenvalue weighted by Crippen LogP contribution is -2.50. The van der Waals surface area contributed by atoms with Crippen LogP contribution in [-0.2, 0) is 23.8 Å². The normalized spacial score (nSPS) is 14.2. The van der Waals surface area contributed by atoms with Gasteiger partial charge in [-0.3, -0.25) is 0 Å². The Morgan fingerprint density at radius 1 is 0.510 bits per heavy atom. The Kier molecular flexibility index (Phi) is 9.80. The summed E-state index contributed by atoms with van der Waals surface area (Å²) >= 11 is 0. The molecule has 4 aromatic rings. The van der Waals surface area contributed by atoms with Crippen LogP contribution in [0.15, 0.2) is 97.1 Å². The highest BCUT2D eigenvalue weighted by molar-refractivity contribution is 5.94. The maximum atomic E-state index is 13.2. The minimum atomic E-state index is -1.16. The molecule has 2 N–H and O–H groups in total. The lowest BCUT2D eigenvalue weighted by atomic mass is 9.98. The van der Waals surface area contributed by atoms with E-state index in [-0.39, 0.29) is 25.0 Å². The Balaban J connectivity index is 1.04. The summed E-state index contributed by atoms with van der Waals surface area (Å²) in [6, 6.07) is 29.6. The second-order valence-corrected chi connectivity index (χ2v) is 13.1. The van der Waals surface area contributed by atoms with Crippen LogP contribution in [0.1, 0.15) is 61.8 Å². The number of alkyl carbamates (subject to hydrolysis) is 2. The number of fused-ring (bicyclic) bond motifs is 6. The quantitative estimate of drug-likeness (QED) is 0.105. The number of hydrogen-bond donors (Lipinski definition) is 2.